The van der Waals surface area contributed by atoms with Crippen LogP contribution < -0.4 is 4.74 Å². The molecule has 0 aliphatic carbocycles. The molecule has 0 fully saturated rings. The van der Waals surface area contributed by atoms with E-state index in [1.54, 1.807) is 0 Å². The zero-order chi connectivity index (χ0) is 13.0. The molecule has 0 amide bonds. The number of hydrogen-bond donors (Lipinski definition) is 1. The highest BCUT2D eigenvalue weighted by Crippen LogP contribution is 2.28. The summed E-state index contributed by atoms with van der Waals surface area (Å²) in [5.41, 5.74) is -0.338. The van der Waals surface area contributed by atoms with Crippen LogP contribution in [0.25, 0.3) is 0 Å². The van der Waals surface area contributed by atoms with Crippen molar-refractivity contribution in [2.24, 2.45) is 0 Å². The number of carboxylic acids is 1. The fourth-order valence-corrected chi connectivity index (χ4v) is 1.38. The highest BCUT2D eigenvalue weighted by Gasteiger charge is 2.20. The van der Waals surface area contributed by atoms with Gasteiger partial charge in [0.15, 0.2) is 6.29 Å². The van der Waals surface area contributed by atoms with E-state index in [0.29, 0.717) is 6.29 Å². The summed E-state index contributed by atoms with van der Waals surface area (Å²) in [6.07, 6.45) is -0.0743. The summed E-state index contributed by atoms with van der Waals surface area (Å²) >= 11 is 0. The van der Waals surface area contributed by atoms with E-state index in [9.17, 15) is 19.7 Å². The maximum absolute atomic E-state index is 10.7. The van der Waals surface area contributed by atoms with Crippen molar-refractivity contribution < 1.29 is 24.4 Å². The van der Waals surface area contributed by atoms with Crippen LogP contribution in [0, 0.1) is 10.1 Å². The Labute approximate surface area is 95.8 Å². The summed E-state index contributed by atoms with van der Waals surface area (Å²) in [6.45, 7) is 0. The van der Waals surface area contributed by atoms with Crippen molar-refractivity contribution in [1.82, 2.24) is 0 Å². The van der Waals surface area contributed by atoms with Crippen molar-refractivity contribution in [2.45, 2.75) is 6.42 Å². The Balaban J connectivity index is 3.39. The molecule has 0 radical (unpaired) electrons. The Kier molecular flexibility index (Phi) is 3.76. The molecular weight excluding hydrogens is 230 g/mol. The Morgan fingerprint density at radius 3 is 2.65 bits per heavy atom. The Morgan fingerprint density at radius 1 is 1.59 bits per heavy atom. The summed E-state index contributed by atoms with van der Waals surface area (Å²) in [5, 5.41) is 19.4. The molecule has 0 unspecified atom stereocenters. The first-order valence-corrected chi connectivity index (χ1v) is 4.52. The Bertz CT molecular complexity index is 482. The van der Waals surface area contributed by atoms with Gasteiger partial charge in [0, 0.05) is 5.56 Å². The van der Waals surface area contributed by atoms with Gasteiger partial charge in [-0.3, -0.25) is 19.7 Å². The highest BCUT2D eigenvalue weighted by atomic mass is 16.6. The third kappa shape index (κ3) is 2.77. The number of methoxy groups -OCH3 is 1. The lowest BCUT2D eigenvalue weighted by Crippen LogP contribution is -2.05. The zero-order valence-corrected chi connectivity index (χ0v) is 8.87. The van der Waals surface area contributed by atoms with E-state index >= 15 is 0 Å². The molecular formula is C10H9NO6. The number of aldehydes is 1. The summed E-state index contributed by atoms with van der Waals surface area (Å²) < 4.78 is 4.80. The predicted molar refractivity (Wildman–Crippen MR) is 56.4 cm³/mol. The van der Waals surface area contributed by atoms with E-state index in [4.69, 9.17) is 9.84 Å². The number of carbonyl (C=O) groups excluding carboxylic acids is 1. The standard InChI is InChI=1S/C10H9NO6/c1-17-9-4-8(11(15)16)6(3-10(13)14)2-7(9)5-12/h2,4-5H,3H2,1H3,(H,13,14). The van der Waals surface area contributed by atoms with Gasteiger partial charge in [0.25, 0.3) is 5.69 Å². The second-order valence-corrected chi connectivity index (χ2v) is 3.17. The van der Waals surface area contributed by atoms with Gasteiger partial charge in [-0.1, -0.05) is 0 Å². The van der Waals surface area contributed by atoms with E-state index in [1.165, 1.54) is 7.11 Å². The molecule has 0 saturated heterocycles. The molecule has 90 valence electrons. The molecule has 0 bridgehead atoms. The SMILES string of the molecule is COc1cc([N+](=O)[O-])c(CC(=O)O)cc1C=O. The van der Waals surface area contributed by atoms with Crippen molar-refractivity contribution in [3.8, 4) is 5.75 Å². The summed E-state index contributed by atoms with van der Waals surface area (Å²) in [4.78, 5) is 31.3. The lowest BCUT2D eigenvalue weighted by atomic mass is 10.1. The smallest absolute Gasteiger partial charge is 0.308 e. The second-order valence-electron chi connectivity index (χ2n) is 3.17. The number of hydrogen-bond acceptors (Lipinski definition) is 5. The third-order valence-corrected chi connectivity index (χ3v) is 2.10. The quantitative estimate of drug-likeness (QED) is 0.467. The first-order valence-electron chi connectivity index (χ1n) is 4.52. The van der Waals surface area contributed by atoms with Crippen LogP contribution in [-0.4, -0.2) is 29.4 Å². The number of carbonyl (C=O) groups is 2. The van der Waals surface area contributed by atoms with Crippen LogP contribution in [0.2, 0.25) is 0 Å². The van der Waals surface area contributed by atoms with Gasteiger partial charge >= 0.3 is 5.97 Å². The monoisotopic (exact) mass is 239 g/mol. The van der Waals surface area contributed by atoms with Gasteiger partial charge in [0.2, 0.25) is 0 Å². The maximum atomic E-state index is 10.7. The van der Waals surface area contributed by atoms with Crippen LogP contribution in [0.3, 0.4) is 0 Å². The molecule has 1 N–H and O–H groups in total. The van der Waals surface area contributed by atoms with E-state index in [1.807, 2.05) is 0 Å². The van der Waals surface area contributed by atoms with Crippen molar-refractivity contribution >= 4 is 17.9 Å². The number of rotatable bonds is 5. The van der Waals surface area contributed by atoms with Gasteiger partial charge in [-0.25, -0.2) is 0 Å². The van der Waals surface area contributed by atoms with Crippen LogP contribution in [0.15, 0.2) is 12.1 Å². The number of benzene rings is 1. The van der Waals surface area contributed by atoms with Crippen molar-refractivity contribution in [1.29, 1.82) is 0 Å². The number of nitro benzene ring substituents is 1. The molecule has 0 aromatic heterocycles. The van der Waals surface area contributed by atoms with Crippen molar-refractivity contribution in [3.05, 3.63) is 33.4 Å². The van der Waals surface area contributed by atoms with Gasteiger partial charge in [-0.15, -0.1) is 0 Å². The van der Waals surface area contributed by atoms with Gasteiger partial charge in [-0.2, -0.15) is 0 Å². The minimum atomic E-state index is -1.21. The number of nitrogens with zero attached hydrogens (tertiary/aromatic N) is 1. The number of nitro groups is 1. The van der Waals surface area contributed by atoms with Crippen LogP contribution in [0.1, 0.15) is 15.9 Å². The van der Waals surface area contributed by atoms with Gasteiger partial charge < -0.3 is 9.84 Å². The van der Waals surface area contributed by atoms with E-state index in [0.717, 1.165) is 12.1 Å². The fourth-order valence-electron chi connectivity index (χ4n) is 1.38. The molecule has 0 atom stereocenters. The predicted octanol–water partition coefficient (Wildman–Crippen LogP) is 1.04. The van der Waals surface area contributed by atoms with Gasteiger partial charge in [0.05, 0.1) is 30.1 Å². The molecule has 1 rings (SSSR count). The molecule has 7 nitrogen and oxygen atoms in total. The van der Waals surface area contributed by atoms with E-state index in [2.05, 4.69) is 0 Å². The molecule has 0 heterocycles. The molecule has 0 saturated carbocycles. The normalized spacial score (nSPS) is 9.71. The zero-order valence-electron chi connectivity index (χ0n) is 8.87. The Morgan fingerprint density at radius 2 is 2.24 bits per heavy atom. The number of aliphatic carboxylic acids is 1. The topological polar surface area (TPSA) is 107 Å². The lowest BCUT2D eigenvalue weighted by molar-refractivity contribution is -0.385. The van der Waals surface area contributed by atoms with E-state index < -0.39 is 17.3 Å². The minimum absolute atomic E-state index is 0.0367. The molecule has 7 heteroatoms. The maximum Gasteiger partial charge on any atom is 0.308 e. The molecule has 0 aliphatic rings. The average Bonchev–Trinajstić information content (AvgIpc) is 2.27. The van der Waals surface area contributed by atoms with Gasteiger partial charge in [0.1, 0.15) is 5.75 Å². The van der Waals surface area contributed by atoms with Crippen molar-refractivity contribution in [3.63, 3.8) is 0 Å². The number of carboxylic acid groups (broad SMARTS) is 1. The van der Waals surface area contributed by atoms with Crippen LogP contribution in [0.5, 0.6) is 5.75 Å². The summed E-state index contributed by atoms with van der Waals surface area (Å²) in [6, 6.07) is 2.19. The molecule has 1 aromatic carbocycles. The molecule has 0 spiro atoms. The highest BCUT2D eigenvalue weighted by molar-refractivity contribution is 5.82. The second kappa shape index (κ2) is 5.06. The first kappa shape index (κ1) is 12.6. The largest absolute Gasteiger partial charge is 0.496 e. The van der Waals surface area contributed by atoms with Gasteiger partial charge in [-0.05, 0) is 6.07 Å². The third-order valence-electron chi connectivity index (χ3n) is 2.10. The fraction of sp³-hybridized carbons (Fsp3) is 0.200. The molecule has 0 aliphatic heterocycles. The average molecular weight is 239 g/mol. The summed E-state index contributed by atoms with van der Waals surface area (Å²) in [5.74, 6) is -1.17. The Hall–Kier alpha value is -2.44. The molecule has 1 aromatic rings. The van der Waals surface area contributed by atoms with Crippen LogP contribution in [-0.2, 0) is 11.2 Å². The minimum Gasteiger partial charge on any atom is -0.496 e. The number of ether oxygens (including phenoxy) is 1. The van der Waals surface area contributed by atoms with Crippen LogP contribution >= 0.6 is 0 Å². The first-order chi connectivity index (χ1) is 7.99. The lowest BCUT2D eigenvalue weighted by Gasteiger charge is -2.06. The molecule has 17 heavy (non-hydrogen) atoms. The van der Waals surface area contributed by atoms with Crippen molar-refractivity contribution in [2.75, 3.05) is 7.11 Å². The van der Waals surface area contributed by atoms with E-state index in [-0.39, 0.29) is 22.6 Å². The van der Waals surface area contributed by atoms with Crippen LogP contribution in [0.4, 0.5) is 5.69 Å². The summed E-state index contributed by atoms with van der Waals surface area (Å²) in [7, 11) is 1.27.